The number of nitrogens with one attached hydrogen (secondary N) is 1. The quantitative estimate of drug-likeness (QED) is 0.286. The van der Waals surface area contributed by atoms with Crippen LogP contribution in [-0.2, 0) is 11.2 Å². The molecule has 1 amide bonds. The van der Waals surface area contributed by atoms with E-state index in [0.717, 1.165) is 0 Å². The lowest BCUT2D eigenvalue weighted by atomic mass is 10.1. The largest absolute Gasteiger partial charge is 0.492 e. The molecule has 9 nitrogen and oxygen atoms in total. The van der Waals surface area contributed by atoms with E-state index in [2.05, 4.69) is 10.3 Å². The van der Waals surface area contributed by atoms with Gasteiger partial charge in [-0.05, 0) is 29.8 Å². The van der Waals surface area contributed by atoms with E-state index in [9.17, 15) is 14.7 Å². The topological polar surface area (TPSA) is 149 Å². The van der Waals surface area contributed by atoms with Gasteiger partial charge in [-0.1, -0.05) is 30.3 Å². The molecule has 148 valence electrons. The van der Waals surface area contributed by atoms with Gasteiger partial charge >= 0.3 is 12.1 Å². The minimum absolute atomic E-state index is 0.00282. The molecule has 0 saturated heterocycles. The van der Waals surface area contributed by atoms with Gasteiger partial charge in [-0.3, -0.25) is 4.99 Å². The Morgan fingerprint density at radius 1 is 1.04 bits per heavy atom. The summed E-state index contributed by atoms with van der Waals surface area (Å²) in [4.78, 5) is 27.2. The molecule has 0 heterocycles. The third kappa shape index (κ3) is 7.24. The second kappa shape index (κ2) is 10.4. The minimum Gasteiger partial charge on any atom is -0.492 e. The van der Waals surface area contributed by atoms with Crippen molar-refractivity contribution in [2.45, 2.75) is 12.5 Å². The number of hydrogen-bond acceptors (Lipinski definition) is 5. The Balaban J connectivity index is 1.88. The van der Waals surface area contributed by atoms with Crippen LogP contribution in [0, 0.1) is 0 Å². The molecule has 0 aliphatic heterocycles. The van der Waals surface area contributed by atoms with E-state index in [1.165, 1.54) is 0 Å². The molecule has 2 aromatic carbocycles. The summed E-state index contributed by atoms with van der Waals surface area (Å²) in [5.41, 5.74) is 11.2. The molecular formula is C19H22N4O5. The van der Waals surface area contributed by atoms with Gasteiger partial charge in [-0.15, -0.1) is 0 Å². The number of nitrogens with two attached hydrogens (primary N) is 2. The van der Waals surface area contributed by atoms with E-state index in [0.29, 0.717) is 30.2 Å². The highest BCUT2D eigenvalue weighted by Crippen LogP contribution is 2.14. The van der Waals surface area contributed by atoms with Gasteiger partial charge in [0.1, 0.15) is 24.1 Å². The highest BCUT2D eigenvalue weighted by molar-refractivity contribution is 5.81. The number of carboxylic acid groups (broad SMARTS) is 1. The summed E-state index contributed by atoms with van der Waals surface area (Å²) in [5, 5.41) is 11.7. The van der Waals surface area contributed by atoms with Crippen molar-refractivity contribution in [1.29, 1.82) is 0 Å². The lowest BCUT2D eigenvalue weighted by Crippen LogP contribution is -2.43. The van der Waals surface area contributed by atoms with Crippen molar-refractivity contribution >= 4 is 18.0 Å². The van der Waals surface area contributed by atoms with Crippen LogP contribution < -0.4 is 26.3 Å². The van der Waals surface area contributed by atoms with E-state index in [-0.39, 0.29) is 12.4 Å². The fraction of sp³-hybridized carbons (Fsp3) is 0.211. The number of ether oxygens (including phenoxy) is 2. The van der Waals surface area contributed by atoms with Gasteiger partial charge in [0.2, 0.25) is 0 Å². The number of aliphatic carboxylic acids is 1. The Bertz CT molecular complexity index is 805. The molecule has 6 N–H and O–H groups in total. The van der Waals surface area contributed by atoms with Crippen LogP contribution in [0.15, 0.2) is 59.6 Å². The fourth-order valence-electron chi connectivity index (χ4n) is 2.26. The number of aliphatic imine (C=N–C) groups is 1. The number of rotatable bonds is 9. The van der Waals surface area contributed by atoms with Crippen LogP contribution in [0.25, 0.3) is 0 Å². The number of carbonyl (C=O) groups is 2. The normalized spacial score (nSPS) is 11.1. The van der Waals surface area contributed by atoms with Crippen LogP contribution in [0.2, 0.25) is 0 Å². The average molecular weight is 386 g/mol. The number of carboxylic acids is 1. The second-order valence-electron chi connectivity index (χ2n) is 5.74. The van der Waals surface area contributed by atoms with Crippen LogP contribution in [0.1, 0.15) is 5.56 Å². The third-order valence-electron chi connectivity index (χ3n) is 3.56. The molecule has 0 aliphatic carbocycles. The highest BCUT2D eigenvalue weighted by Gasteiger charge is 2.21. The lowest BCUT2D eigenvalue weighted by molar-refractivity contribution is -0.139. The van der Waals surface area contributed by atoms with E-state index in [4.69, 9.17) is 20.9 Å². The zero-order valence-corrected chi connectivity index (χ0v) is 15.1. The van der Waals surface area contributed by atoms with E-state index < -0.39 is 18.1 Å². The summed E-state index contributed by atoms with van der Waals surface area (Å²) in [6.07, 6.45) is -0.744. The number of guanidine groups is 1. The molecular weight excluding hydrogens is 364 g/mol. The summed E-state index contributed by atoms with van der Waals surface area (Å²) in [7, 11) is 0. The SMILES string of the molecule is NC(N)=NCCOc1ccc(C[C@H](NC(=O)Oc2ccccc2)C(=O)O)cc1. The molecule has 0 saturated carbocycles. The van der Waals surface area contributed by atoms with Crippen molar-refractivity contribution in [3.05, 3.63) is 60.2 Å². The first kappa shape index (κ1) is 20.6. The van der Waals surface area contributed by atoms with Gasteiger partial charge in [0.15, 0.2) is 5.96 Å². The molecule has 0 fully saturated rings. The number of carbonyl (C=O) groups excluding carboxylic acids is 1. The zero-order valence-electron chi connectivity index (χ0n) is 15.1. The van der Waals surface area contributed by atoms with Crippen LogP contribution in [0.4, 0.5) is 4.79 Å². The fourth-order valence-corrected chi connectivity index (χ4v) is 2.26. The maximum Gasteiger partial charge on any atom is 0.413 e. The Hall–Kier alpha value is -3.75. The number of benzene rings is 2. The summed E-state index contributed by atoms with van der Waals surface area (Å²) < 4.78 is 10.5. The molecule has 0 bridgehead atoms. The van der Waals surface area contributed by atoms with Gasteiger partial charge in [-0.25, -0.2) is 9.59 Å². The minimum atomic E-state index is -1.16. The first-order valence-corrected chi connectivity index (χ1v) is 8.47. The monoisotopic (exact) mass is 386 g/mol. The number of nitrogens with zero attached hydrogens (tertiary/aromatic N) is 1. The van der Waals surface area contributed by atoms with Gasteiger partial charge in [0.25, 0.3) is 0 Å². The summed E-state index contributed by atoms with van der Waals surface area (Å²) in [5.74, 6) is -0.247. The molecule has 0 aromatic heterocycles. The summed E-state index contributed by atoms with van der Waals surface area (Å²) >= 11 is 0. The van der Waals surface area contributed by atoms with Gasteiger partial charge in [0.05, 0.1) is 6.54 Å². The van der Waals surface area contributed by atoms with Crippen molar-refractivity contribution in [3.8, 4) is 11.5 Å². The Kier molecular flexibility index (Phi) is 7.64. The standard InChI is InChI=1S/C19H22N4O5/c20-18(21)22-10-11-27-14-8-6-13(7-9-14)12-16(17(24)25)23-19(26)28-15-4-2-1-3-5-15/h1-9,16H,10-12H2,(H,23,26)(H,24,25)(H4,20,21,22)/t16-/m0/s1. The van der Waals surface area contributed by atoms with Crippen LogP contribution >= 0.6 is 0 Å². The second-order valence-corrected chi connectivity index (χ2v) is 5.74. The average Bonchev–Trinajstić information content (AvgIpc) is 2.66. The third-order valence-corrected chi connectivity index (χ3v) is 3.56. The van der Waals surface area contributed by atoms with Crippen LogP contribution in [0.5, 0.6) is 11.5 Å². The van der Waals surface area contributed by atoms with Gasteiger partial charge < -0.3 is 31.4 Å². The number of para-hydroxylation sites is 1. The predicted molar refractivity (Wildman–Crippen MR) is 103 cm³/mol. The molecule has 28 heavy (non-hydrogen) atoms. The first-order valence-electron chi connectivity index (χ1n) is 8.47. The first-order chi connectivity index (χ1) is 13.4. The number of amides is 1. The Labute approximate surface area is 162 Å². The summed E-state index contributed by atoms with van der Waals surface area (Å²) in [6.45, 7) is 0.639. The van der Waals surface area contributed by atoms with Crippen molar-refractivity contribution in [2.24, 2.45) is 16.5 Å². The van der Waals surface area contributed by atoms with E-state index in [1.54, 1.807) is 54.6 Å². The lowest BCUT2D eigenvalue weighted by Gasteiger charge is -2.15. The van der Waals surface area contributed by atoms with Gasteiger partial charge in [-0.2, -0.15) is 0 Å². The molecule has 0 radical (unpaired) electrons. The summed E-state index contributed by atoms with van der Waals surface area (Å²) in [6, 6.07) is 14.1. The maximum atomic E-state index is 11.9. The van der Waals surface area contributed by atoms with Crippen molar-refractivity contribution < 1.29 is 24.2 Å². The molecule has 0 spiro atoms. The molecule has 9 heteroatoms. The van der Waals surface area contributed by atoms with Crippen molar-refractivity contribution in [3.63, 3.8) is 0 Å². The van der Waals surface area contributed by atoms with Crippen molar-refractivity contribution in [2.75, 3.05) is 13.2 Å². The molecule has 0 unspecified atom stereocenters. The van der Waals surface area contributed by atoms with Gasteiger partial charge in [0, 0.05) is 6.42 Å². The molecule has 1 atom stereocenters. The Morgan fingerprint density at radius 3 is 2.32 bits per heavy atom. The molecule has 2 rings (SSSR count). The predicted octanol–water partition coefficient (Wildman–Crippen LogP) is 1.12. The maximum absolute atomic E-state index is 11.9. The van der Waals surface area contributed by atoms with Crippen LogP contribution in [0.3, 0.4) is 0 Å². The Morgan fingerprint density at radius 2 is 1.71 bits per heavy atom. The number of hydrogen-bond donors (Lipinski definition) is 4. The molecule has 2 aromatic rings. The zero-order chi connectivity index (χ0) is 20.4. The smallest absolute Gasteiger partial charge is 0.413 e. The highest BCUT2D eigenvalue weighted by atomic mass is 16.6. The van der Waals surface area contributed by atoms with Crippen LogP contribution in [-0.4, -0.2) is 42.3 Å². The molecule has 0 aliphatic rings. The van der Waals surface area contributed by atoms with E-state index >= 15 is 0 Å². The van der Waals surface area contributed by atoms with E-state index in [1.807, 2.05) is 0 Å². The van der Waals surface area contributed by atoms with Crippen molar-refractivity contribution in [1.82, 2.24) is 5.32 Å².